The second kappa shape index (κ2) is 25.4. The number of carbonyl (C=O) groups is 4. The molecular formula is C47H72N2O16. The van der Waals surface area contributed by atoms with Gasteiger partial charge in [-0.15, -0.1) is 0 Å². The van der Waals surface area contributed by atoms with Gasteiger partial charge < -0.3 is 69.7 Å². The van der Waals surface area contributed by atoms with Gasteiger partial charge in [-0.3, -0.25) is 14.4 Å². The Morgan fingerprint density at radius 3 is 2.23 bits per heavy atom. The lowest BCUT2D eigenvalue weighted by Gasteiger charge is -2.39. The summed E-state index contributed by atoms with van der Waals surface area (Å²) in [5, 5.41) is 65.9. The highest BCUT2D eigenvalue weighted by atomic mass is 16.8. The summed E-state index contributed by atoms with van der Waals surface area (Å²) in [4.78, 5) is 54.0. The van der Waals surface area contributed by atoms with Crippen molar-refractivity contribution in [3.63, 3.8) is 0 Å². The Morgan fingerprint density at radius 2 is 1.62 bits per heavy atom. The molecule has 0 bridgehead atoms. The van der Waals surface area contributed by atoms with Gasteiger partial charge in [0.15, 0.2) is 12.1 Å². The van der Waals surface area contributed by atoms with Gasteiger partial charge in [0, 0.05) is 31.3 Å². The molecule has 0 radical (unpaired) electrons. The van der Waals surface area contributed by atoms with E-state index in [9.17, 15) is 49.8 Å². The van der Waals surface area contributed by atoms with Crippen LogP contribution in [0, 0.1) is 0 Å². The fourth-order valence-electron chi connectivity index (χ4n) is 7.98. The normalized spacial score (nSPS) is 26.7. The van der Waals surface area contributed by atoms with Crippen LogP contribution in [0.3, 0.4) is 0 Å². The van der Waals surface area contributed by atoms with E-state index < -0.39 is 116 Å². The Bertz CT molecular complexity index is 1750. The number of carbonyl (C=O) groups excluding carboxylic acids is 4. The van der Waals surface area contributed by atoms with E-state index in [-0.39, 0.29) is 37.0 Å². The van der Waals surface area contributed by atoms with E-state index in [2.05, 4.69) is 24.5 Å². The molecular weight excluding hydrogens is 849 g/mol. The van der Waals surface area contributed by atoms with Gasteiger partial charge >= 0.3 is 11.9 Å². The van der Waals surface area contributed by atoms with E-state index >= 15 is 0 Å². The van der Waals surface area contributed by atoms with E-state index in [0.717, 1.165) is 38.5 Å². The van der Waals surface area contributed by atoms with Crippen LogP contribution in [0.4, 0.5) is 0 Å². The Hall–Kier alpha value is -3.82. The Kier molecular flexibility index (Phi) is 21.0. The topological polar surface area (TPSA) is 269 Å². The Balaban J connectivity index is 1.54. The van der Waals surface area contributed by atoms with Gasteiger partial charge in [-0.2, -0.15) is 0 Å². The predicted molar refractivity (Wildman–Crippen MR) is 236 cm³/mol. The number of aliphatic hydroxyl groups is 6. The second-order valence-electron chi connectivity index (χ2n) is 18.1. The smallest absolute Gasteiger partial charge is 0.339 e. The van der Waals surface area contributed by atoms with Gasteiger partial charge in [0.1, 0.15) is 54.4 Å². The van der Waals surface area contributed by atoms with Crippen LogP contribution < -0.4 is 10.6 Å². The summed E-state index contributed by atoms with van der Waals surface area (Å²) in [6.07, 6.45) is -0.0341. The summed E-state index contributed by atoms with van der Waals surface area (Å²) in [6.45, 7) is 9.42. The zero-order valence-corrected chi connectivity index (χ0v) is 38.6. The number of amides is 2. The molecule has 1 aliphatic carbocycles. The largest absolute Gasteiger partial charge is 0.460 e. The molecule has 2 aliphatic heterocycles. The number of hydrogen-bond donors (Lipinski definition) is 8. The van der Waals surface area contributed by atoms with Crippen LogP contribution in [0.5, 0.6) is 0 Å². The molecule has 8 N–H and O–H groups in total. The quantitative estimate of drug-likeness (QED) is 0.0547. The van der Waals surface area contributed by atoms with Crippen LogP contribution in [0.15, 0.2) is 42.0 Å². The van der Waals surface area contributed by atoms with Gasteiger partial charge in [0.25, 0.3) is 0 Å². The first kappa shape index (κ1) is 53.8. The zero-order valence-electron chi connectivity index (χ0n) is 38.6. The molecule has 3 aliphatic rings. The summed E-state index contributed by atoms with van der Waals surface area (Å²) in [7, 11) is 0. The average Bonchev–Trinajstić information content (AvgIpc) is 3.63. The van der Waals surface area contributed by atoms with Crippen molar-refractivity contribution in [1.29, 1.82) is 0 Å². The molecule has 0 aromatic heterocycles. The molecule has 2 saturated heterocycles. The van der Waals surface area contributed by atoms with Crippen molar-refractivity contribution >= 4 is 29.8 Å². The standard InChI is InChI=1S/C47H72N2O16/c1-7-9-13-21-47(22-14-10-8-2)63-34-25-30(42(57)49-37(28(3)52)43(58)48-31(26-50)19-20-36(53)64-46(4,5)6)24-33(41(34)65-47)61-44(59)32-18-12-11-16-29(32)17-15-23-60-45-40(56)39(55)38(54)35(27-51)62-45/h11-12,15-18,25,28,31,33-35,37-41,45,50-52,54-56H,7-10,13-14,19-24,26-27H2,1-6H3,(H,48,58)(H,49,57)/t28-,31-,33+,34+,35+,37+,38-,39-,40+,41-,45-/m0/s1. The third-order valence-corrected chi connectivity index (χ3v) is 11.5. The molecule has 0 spiro atoms. The van der Waals surface area contributed by atoms with E-state index in [1.165, 1.54) is 6.92 Å². The van der Waals surface area contributed by atoms with Crippen molar-refractivity contribution in [2.24, 2.45) is 0 Å². The molecule has 4 rings (SSSR count). The van der Waals surface area contributed by atoms with Crippen molar-refractivity contribution in [2.75, 3.05) is 19.8 Å². The molecule has 2 fully saturated rings. The average molecular weight is 921 g/mol. The third kappa shape index (κ3) is 15.6. The van der Waals surface area contributed by atoms with Crippen LogP contribution in [0.2, 0.25) is 0 Å². The molecule has 2 amide bonds. The van der Waals surface area contributed by atoms with Crippen molar-refractivity contribution in [1.82, 2.24) is 10.6 Å². The predicted octanol–water partition coefficient (Wildman–Crippen LogP) is 2.48. The number of rotatable bonds is 24. The number of benzene rings is 1. The lowest BCUT2D eigenvalue weighted by molar-refractivity contribution is -0.298. The molecule has 2 heterocycles. The molecule has 0 unspecified atom stereocenters. The SMILES string of the molecule is CCCCCC1(CCCCC)O[C@@H]2[C@@H](C=C(C(=O)N[C@@H](C(=O)N[C@H](CO)CCC(=O)OC(C)(C)C)[C@H](C)O)C[C@H]2OC(=O)c2ccccc2C=CCO[C@H]2O[C@H](CO)[C@H](O)[C@H](O)[C@H]2O)O1. The number of nitrogens with one attached hydrogen (secondary N) is 2. The molecule has 18 heteroatoms. The third-order valence-electron chi connectivity index (χ3n) is 11.5. The lowest BCUT2D eigenvalue weighted by atomic mass is 9.91. The first-order chi connectivity index (χ1) is 30.8. The first-order valence-electron chi connectivity index (χ1n) is 22.9. The maximum absolute atomic E-state index is 14.1. The van der Waals surface area contributed by atoms with Crippen molar-refractivity contribution < 1.29 is 78.2 Å². The molecule has 1 aromatic carbocycles. The highest BCUT2D eigenvalue weighted by molar-refractivity contribution is 5.98. The maximum Gasteiger partial charge on any atom is 0.339 e. The fourth-order valence-corrected chi connectivity index (χ4v) is 7.98. The number of unbranched alkanes of at least 4 members (excludes halogenated alkanes) is 4. The molecule has 11 atom stereocenters. The Morgan fingerprint density at radius 1 is 0.938 bits per heavy atom. The fraction of sp³-hybridized carbons (Fsp3) is 0.702. The minimum Gasteiger partial charge on any atom is -0.460 e. The van der Waals surface area contributed by atoms with Crippen LogP contribution in [0.25, 0.3) is 6.08 Å². The molecule has 1 aromatic rings. The first-order valence-corrected chi connectivity index (χ1v) is 22.9. The summed E-state index contributed by atoms with van der Waals surface area (Å²) in [5.41, 5.74) is 0.0174. The number of hydrogen-bond acceptors (Lipinski definition) is 16. The summed E-state index contributed by atoms with van der Waals surface area (Å²) in [5.74, 6) is -3.76. The lowest BCUT2D eigenvalue weighted by Crippen LogP contribution is -2.59. The number of aliphatic hydroxyl groups excluding tert-OH is 6. The van der Waals surface area contributed by atoms with Crippen LogP contribution in [0.1, 0.15) is 128 Å². The highest BCUT2D eigenvalue weighted by Gasteiger charge is 2.53. The van der Waals surface area contributed by atoms with E-state index in [0.29, 0.717) is 18.4 Å². The molecule has 366 valence electrons. The van der Waals surface area contributed by atoms with Crippen molar-refractivity contribution in [2.45, 2.75) is 191 Å². The van der Waals surface area contributed by atoms with Crippen LogP contribution >= 0.6 is 0 Å². The molecule has 18 nitrogen and oxygen atoms in total. The summed E-state index contributed by atoms with van der Waals surface area (Å²) < 4.78 is 36.0. The molecule has 65 heavy (non-hydrogen) atoms. The van der Waals surface area contributed by atoms with E-state index in [1.54, 1.807) is 63.3 Å². The van der Waals surface area contributed by atoms with Gasteiger partial charge in [0.05, 0.1) is 37.5 Å². The second-order valence-corrected chi connectivity index (χ2v) is 18.1. The van der Waals surface area contributed by atoms with E-state index in [4.69, 9.17) is 28.4 Å². The van der Waals surface area contributed by atoms with Crippen molar-refractivity contribution in [3.05, 3.63) is 53.1 Å². The molecule has 0 saturated carbocycles. The maximum atomic E-state index is 14.1. The summed E-state index contributed by atoms with van der Waals surface area (Å²) >= 11 is 0. The number of esters is 2. The minimum atomic E-state index is -1.61. The van der Waals surface area contributed by atoms with Gasteiger partial charge in [-0.25, -0.2) is 4.79 Å². The zero-order chi connectivity index (χ0) is 47.9. The highest BCUT2D eigenvalue weighted by Crippen LogP contribution is 2.43. The summed E-state index contributed by atoms with van der Waals surface area (Å²) in [6, 6.07) is 4.26. The van der Waals surface area contributed by atoms with E-state index in [1.807, 2.05) is 0 Å². The van der Waals surface area contributed by atoms with Crippen LogP contribution in [-0.2, 0) is 42.8 Å². The monoisotopic (exact) mass is 920 g/mol. The van der Waals surface area contributed by atoms with Gasteiger partial charge in [0.2, 0.25) is 11.8 Å². The van der Waals surface area contributed by atoms with Gasteiger partial charge in [-0.1, -0.05) is 69.9 Å². The van der Waals surface area contributed by atoms with Crippen LogP contribution in [-0.4, -0.2) is 153 Å². The number of ether oxygens (including phenoxy) is 6. The number of fused-ring (bicyclic) bond motifs is 1. The van der Waals surface area contributed by atoms with Gasteiger partial charge in [-0.05, 0) is 64.7 Å². The van der Waals surface area contributed by atoms with Crippen molar-refractivity contribution in [3.8, 4) is 0 Å². The minimum absolute atomic E-state index is 0.0450. The Labute approximate surface area is 381 Å².